The summed E-state index contributed by atoms with van der Waals surface area (Å²) < 4.78 is 0. The minimum absolute atomic E-state index is 0.0618. The van der Waals surface area contributed by atoms with Crippen LogP contribution in [0.1, 0.15) is 11.3 Å². The van der Waals surface area contributed by atoms with Crippen LogP contribution in [0.5, 0.6) is 0 Å². The fourth-order valence-corrected chi connectivity index (χ4v) is 4.89. The largest absolute Gasteiger partial charge is 0.339 e. The van der Waals surface area contributed by atoms with Gasteiger partial charge in [0.05, 0.1) is 17.0 Å². The third-order valence-electron chi connectivity index (χ3n) is 4.80. The highest BCUT2D eigenvalue weighted by Crippen LogP contribution is 2.28. The van der Waals surface area contributed by atoms with Crippen LogP contribution >= 0.6 is 22.7 Å². The Labute approximate surface area is 177 Å². The summed E-state index contributed by atoms with van der Waals surface area (Å²) in [5.41, 5.74) is 2.70. The number of rotatable bonds is 4. The predicted octanol–water partition coefficient (Wildman–Crippen LogP) is 4.10. The van der Waals surface area contributed by atoms with Crippen molar-refractivity contribution < 1.29 is 9.59 Å². The Kier molecular flexibility index (Phi) is 5.92. The van der Waals surface area contributed by atoms with E-state index in [0.29, 0.717) is 32.6 Å². The van der Waals surface area contributed by atoms with Gasteiger partial charge in [-0.2, -0.15) is 0 Å². The number of carbonyl (C=O) groups is 2. The normalized spacial score (nSPS) is 14.1. The zero-order chi connectivity index (χ0) is 20.2. The molecule has 3 heterocycles. The van der Waals surface area contributed by atoms with Crippen LogP contribution in [0.4, 0.5) is 10.5 Å². The van der Waals surface area contributed by atoms with E-state index in [9.17, 15) is 9.59 Å². The fraction of sp³-hybridized carbons (Fsp3) is 0.286. The van der Waals surface area contributed by atoms with Gasteiger partial charge in [0.25, 0.3) is 0 Å². The average molecular weight is 427 g/mol. The maximum Gasteiger partial charge on any atom is 0.321 e. The van der Waals surface area contributed by atoms with Gasteiger partial charge in [-0.15, -0.1) is 22.7 Å². The van der Waals surface area contributed by atoms with Gasteiger partial charge >= 0.3 is 6.03 Å². The highest BCUT2D eigenvalue weighted by atomic mass is 32.1. The number of piperazine rings is 1. The molecule has 1 fully saturated rings. The quantitative estimate of drug-likeness (QED) is 0.683. The number of aryl methyl sites for hydroxylation is 1. The first-order valence-electron chi connectivity index (χ1n) is 9.47. The van der Waals surface area contributed by atoms with E-state index in [1.54, 1.807) is 27.6 Å². The lowest BCUT2D eigenvalue weighted by molar-refractivity contribution is -0.131. The fourth-order valence-electron chi connectivity index (χ4n) is 3.25. The van der Waals surface area contributed by atoms with Crippen LogP contribution in [0.2, 0.25) is 0 Å². The molecule has 6 nitrogen and oxygen atoms in total. The molecule has 1 N–H and O–H groups in total. The summed E-state index contributed by atoms with van der Waals surface area (Å²) in [6, 6.07) is 11.6. The van der Waals surface area contributed by atoms with Crippen LogP contribution in [0, 0.1) is 6.92 Å². The van der Waals surface area contributed by atoms with E-state index < -0.39 is 0 Å². The second-order valence-electron chi connectivity index (χ2n) is 6.97. The minimum atomic E-state index is -0.122. The highest BCUT2D eigenvalue weighted by Gasteiger charge is 2.24. The van der Waals surface area contributed by atoms with Crippen molar-refractivity contribution >= 4 is 40.3 Å². The summed E-state index contributed by atoms with van der Waals surface area (Å²) in [5, 5.41) is 7.87. The third kappa shape index (κ3) is 4.83. The number of urea groups is 1. The molecule has 0 radical (unpaired) electrons. The van der Waals surface area contributed by atoms with Crippen LogP contribution in [0.25, 0.3) is 9.88 Å². The first kappa shape index (κ1) is 19.6. The molecule has 0 spiro atoms. The molecule has 29 heavy (non-hydrogen) atoms. The summed E-state index contributed by atoms with van der Waals surface area (Å²) in [4.78, 5) is 34.4. The van der Waals surface area contributed by atoms with Crippen molar-refractivity contribution in [2.24, 2.45) is 0 Å². The molecule has 1 saturated heterocycles. The van der Waals surface area contributed by atoms with E-state index in [1.807, 2.05) is 59.0 Å². The number of nitrogens with one attached hydrogen (secondary N) is 1. The number of benzene rings is 1. The van der Waals surface area contributed by atoms with Gasteiger partial charge in [-0.1, -0.05) is 18.2 Å². The lowest BCUT2D eigenvalue weighted by atomic mass is 10.2. The molecule has 1 aliphatic rings. The van der Waals surface area contributed by atoms with Gasteiger partial charge < -0.3 is 15.1 Å². The zero-order valence-electron chi connectivity index (χ0n) is 16.1. The van der Waals surface area contributed by atoms with E-state index in [4.69, 9.17) is 0 Å². The molecule has 2 aromatic heterocycles. The summed E-state index contributed by atoms with van der Waals surface area (Å²) >= 11 is 3.22. The molecule has 3 amide bonds. The van der Waals surface area contributed by atoms with Gasteiger partial charge in [0.15, 0.2) is 0 Å². The number of thiophene rings is 1. The van der Waals surface area contributed by atoms with Gasteiger partial charge in [0.1, 0.15) is 5.01 Å². The number of aromatic nitrogens is 1. The topological polar surface area (TPSA) is 65.5 Å². The molecule has 8 heteroatoms. The number of amides is 3. The van der Waals surface area contributed by atoms with Crippen molar-refractivity contribution in [3.05, 3.63) is 58.4 Å². The number of anilines is 1. The maximum absolute atomic E-state index is 12.6. The van der Waals surface area contributed by atoms with Gasteiger partial charge in [0.2, 0.25) is 5.91 Å². The molecule has 1 aromatic carbocycles. The molecule has 3 aromatic rings. The Morgan fingerprint density at radius 2 is 1.86 bits per heavy atom. The van der Waals surface area contributed by atoms with E-state index >= 15 is 0 Å². The summed E-state index contributed by atoms with van der Waals surface area (Å²) in [7, 11) is 0. The van der Waals surface area contributed by atoms with E-state index in [0.717, 1.165) is 26.8 Å². The molecule has 0 atom stereocenters. The van der Waals surface area contributed by atoms with E-state index in [-0.39, 0.29) is 11.9 Å². The second kappa shape index (κ2) is 8.75. The molecular formula is C21H22N4O2S2. The number of hydrogen-bond acceptors (Lipinski definition) is 5. The lowest BCUT2D eigenvalue weighted by Gasteiger charge is -2.34. The SMILES string of the molecule is Cc1cccc(NC(=O)N2CCN(C(=O)Cc3csc(-c4cccs4)n3)CC2)c1. The van der Waals surface area contributed by atoms with Gasteiger partial charge in [-0.25, -0.2) is 9.78 Å². The molecule has 1 aliphatic heterocycles. The molecule has 4 rings (SSSR count). The Morgan fingerprint density at radius 1 is 1.07 bits per heavy atom. The van der Waals surface area contributed by atoms with Gasteiger partial charge in [-0.3, -0.25) is 4.79 Å². The molecular weight excluding hydrogens is 404 g/mol. The average Bonchev–Trinajstić information content (AvgIpc) is 3.40. The first-order chi connectivity index (χ1) is 14.1. The number of carbonyl (C=O) groups excluding carboxylic acids is 2. The van der Waals surface area contributed by atoms with Crippen LogP contribution in [0.15, 0.2) is 47.2 Å². The van der Waals surface area contributed by atoms with Crippen LogP contribution in [0.3, 0.4) is 0 Å². The van der Waals surface area contributed by atoms with Crippen LogP contribution in [-0.4, -0.2) is 52.9 Å². The number of thiazole rings is 1. The molecule has 0 unspecified atom stereocenters. The van der Waals surface area contributed by atoms with Crippen molar-refractivity contribution in [2.45, 2.75) is 13.3 Å². The van der Waals surface area contributed by atoms with Crippen LogP contribution in [-0.2, 0) is 11.2 Å². The zero-order valence-corrected chi connectivity index (χ0v) is 17.8. The smallest absolute Gasteiger partial charge is 0.321 e. The Morgan fingerprint density at radius 3 is 2.59 bits per heavy atom. The minimum Gasteiger partial charge on any atom is -0.339 e. The first-order valence-corrected chi connectivity index (χ1v) is 11.2. The summed E-state index contributed by atoms with van der Waals surface area (Å²) in [6.45, 7) is 4.14. The van der Waals surface area contributed by atoms with Crippen LogP contribution < -0.4 is 5.32 Å². The van der Waals surface area contributed by atoms with Crippen molar-refractivity contribution in [3.8, 4) is 9.88 Å². The second-order valence-corrected chi connectivity index (χ2v) is 8.77. The summed E-state index contributed by atoms with van der Waals surface area (Å²) in [6.07, 6.45) is 0.303. The molecule has 0 aliphatic carbocycles. The Hall–Kier alpha value is -2.71. The van der Waals surface area contributed by atoms with Gasteiger partial charge in [-0.05, 0) is 36.1 Å². The number of hydrogen-bond donors (Lipinski definition) is 1. The molecule has 0 saturated carbocycles. The van der Waals surface area contributed by atoms with Crippen molar-refractivity contribution in [3.63, 3.8) is 0 Å². The predicted molar refractivity (Wildman–Crippen MR) is 117 cm³/mol. The van der Waals surface area contributed by atoms with E-state index in [1.165, 1.54) is 0 Å². The third-order valence-corrected chi connectivity index (χ3v) is 6.74. The Bertz CT molecular complexity index is 992. The van der Waals surface area contributed by atoms with Crippen molar-refractivity contribution in [1.29, 1.82) is 0 Å². The Balaban J connectivity index is 1.28. The van der Waals surface area contributed by atoms with E-state index in [2.05, 4.69) is 10.3 Å². The van der Waals surface area contributed by atoms with Gasteiger partial charge in [0, 0.05) is 37.2 Å². The molecule has 0 bridgehead atoms. The lowest BCUT2D eigenvalue weighted by Crippen LogP contribution is -2.52. The number of nitrogens with zero attached hydrogens (tertiary/aromatic N) is 3. The highest BCUT2D eigenvalue weighted by molar-refractivity contribution is 7.20. The van der Waals surface area contributed by atoms with Crippen molar-refractivity contribution in [1.82, 2.24) is 14.8 Å². The van der Waals surface area contributed by atoms with Crippen molar-refractivity contribution in [2.75, 3.05) is 31.5 Å². The standard InChI is InChI=1S/C21H22N4O2S2/c1-15-4-2-5-16(12-15)23-21(27)25-9-7-24(8-10-25)19(26)13-17-14-29-20(22-17)18-6-3-11-28-18/h2-6,11-12,14H,7-10,13H2,1H3,(H,23,27). The summed E-state index contributed by atoms with van der Waals surface area (Å²) in [5.74, 6) is 0.0618. The monoisotopic (exact) mass is 426 g/mol. The maximum atomic E-state index is 12.6. The molecule has 150 valence electrons.